The minimum absolute atomic E-state index is 0.128. The van der Waals surface area contributed by atoms with Crippen LogP contribution in [0.25, 0.3) is 0 Å². The Morgan fingerprint density at radius 2 is 1.80 bits per heavy atom. The summed E-state index contributed by atoms with van der Waals surface area (Å²) < 4.78 is 0. The van der Waals surface area contributed by atoms with Gasteiger partial charge in [0.25, 0.3) is 0 Å². The first-order valence-corrected chi connectivity index (χ1v) is 7.88. The molecular formula is C18H27NO. The van der Waals surface area contributed by atoms with Gasteiger partial charge < -0.3 is 10.4 Å². The van der Waals surface area contributed by atoms with Crippen LogP contribution < -0.4 is 5.32 Å². The van der Waals surface area contributed by atoms with E-state index in [0.717, 1.165) is 18.0 Å². The number of hydrogen-bond acceptors (Lipinski definition) is 2. The quantitative estimate of drug-likeness (QED) is 0.880. The zero-order valence-electron chi connectivity index (χ0n) is 12.9. The molecule has 2 saturated carbocycles. The van der Waals surface area contributed by atoms with Crippen LogP contribution in [0.2, 0.25) is 0 Å². The molecule has 110 valence electrons. The van der Waals surface area contributed by atoms with Gasteiger partial charge in [0.1, 0.15) is 0 Å². The van der Waals surface area contributed by atoms with Gasteiger partial charge in [-0.1, -0.05) is 45.0 Å². The smallest absolute Gasteiger partial charge is 0.0681 e. The Bertz CT molecular complexity index is 474. The number of nitrogens with one attached hydrogen (secondary N) is 1. The summed E-state index contributed by atoms with van der Waals surface area (Å²) in [6.45, 7) is 8.41. The van der Waals surface area contributed by atoms with Crippen molar-refractivity contribution in [3.05, 3.63) is 35.4 Å². The van der Waals surface area contributed by atoms with Crippen molar-refractivity contribution < 1.29 is 5.11 Å². The van der Waals surface area contributed by atoms with Crippen LogP contribution in [0.15, 0.2) is 24.3 Å². The van der Waals surface area contributed by atoms with Crippen LogP contribution in [-0.2, 0) is 13.2 Å². The fourth-order valence-electron chi connectivity index (χ4n) is 4.79. The minimum atomic E-state index is 0.128. The third kappa shape index (κ3) is 2.19. The van der Waals surface area contributed by atoms with Crippen molar-refractivity contribution in [1.29, 1.82) is 0 Å². The van der Waals surface area contributed by atoms with Gasteiger partial charge in [0.2, 0.25) is 0 Å². The summed E-state index contributed by atoms with van der Waals surface area (Å²) in [5.41, 5.74) is 3.20. The Hall–Kier alpha value is -0.860. The molecule has 1 aromatic rings. The predicted octanol–water partition coefficient (Wildman–Crippen LogP) is 3.48. The van der Waals surface area contributed by atoms with E-state index in [1.807, 2.05) is 12.1 Å². The Labute approximate surface area is 122 Å². The molecule has 0 saturated heterocycles. The van der Waals surface area contributed by atoms with Gasteiger partial charge in [-0.2, -0.15) is 0 Å². The topological polar surface area (TPSA) is 32.3 Å². The highest BCUT2D eigenvalue weighted by molar-refractivity contribution is 5.22. The lowest BCUT2D eigenvalue weighted by atomic mass is 9.68. The lowest BCUT2D eigenvalue weighted by molar-refractivity contribution is 0.108. The number of rotatable bonds is 4. The molecule has 2 heteroatoms. The Morgan fingerprint density at radius 1 is 1.15 bits per heavy atom. The summed E-state index contributed by atoms with van der Waals surface area (Å²) in [5.74, 6) is 0.891. The number of benzene rings is 1. The first kappa shape index (κ1) is 14.1. The van der Waals surface area contributed by atoms with E-state index >= 15 is 0 Å². The highest BCUT2D eigenvalue weighted by Crippen LogP contribution is 2.62. The zero-order valence-corrected chi connectivity index (χ0v) is 12.9. The molecule has 0 aliphatic heterocycles. The average molecular weight is 273 g/mol. The molecule has 1 aromatic carbocycles. The summed E-state index contributed by atoms with van der Waals surface area (Å²) in [6.07, 6.45) is 4.18. The highest BCUT2D eigenvalue weighted by Gasteiger charge is 2.58. The fourth-order valence-corrected chi connectivity index (χ4v) is 4.79. The van der Waals surface area contributed by atoms with Gasteiger partial charge in [-0.25, -0.2) is 0 Å². The van der Waals surface area contributed by atoms with Gasteiger partial charge in [0.15, 0.2) is 0 Å². The third-order valence-electron chi connectivity index (χ3n) is 5.99. The molecule has 2 N–H and O–H groups in total. The number of hydrogen-bond donors (Lipinski definition) is 2. The van der Waals surface area contributed by atoms with E-state index in [2.05, 4.69) is 38.2 Å². The van der Waals surface area contributed by atoms with Crippen LogP contribution in [0.4, 0.5) is 0 Å². The van der Waals surface area contributed by atoms with Gasteiger partial charge in [0.05, 0.1) is 6.61 Å². The third-order valence-corrected chi connectivity index (χ3v) is 5.99. The van der Waals surface area contributed by atoms with Crippen molar-refractivity contribution in [3.63, 3.8) is 0 Å². The summed E-state index contributed by atoms with van der Waals surface area (Å²) >= 11 is 0. The largest absolute Gasteiger partial charge is 0.392 e. The van der Waals surface area contributed by atoms with Crippen LogP contribution in [0.3, 0.4) is 0 Å². The molecule has 3 rings (SSSR count). The van der Waals surface area contributed by atoms with Gasteiger partial charge in [-0.15, -0.1) is 0 Å². The normalized spacial score (nSPS) is 34.6. The maximum absolute atomic E-state index is 9.09. The Morgan fingerprint density at radius 3 is 2.35 bits per heavy atom. The monoisotopic (exact) mass is 273 g/mol. The fraction of sp³-hybridized carbons (Fsp3) is 0.667. The second kappa shape index (κ2) is 4.85. The molecule has 0 amide bonds. The average Bonchev–Trinajstić information content (AvgIpc) is 2.90. The molecule has 2 aliphatic carbocycles. The molecule has 2 aliphatic rings. The SMILES string of the molecule is CC1(C)C(NCc2ccc(CO)cc2)[C@]2(C)CC[C@H]1C2. The first-order valence-electron chi connectivity index (χ1n) is 7.88. The lowest BCUT2D eigenvalue weighted by Crippen LogP contribution is -2.49. The van der Waals surface area contributed by atoms with E-state index in [-0.39, 0.29) is 6.61 Å². The Balaban J connectivity index is 1.68. The highest BCUT2D eigenvalue weighted by atomic mass is 16.3. The molecule has 3 atom stereocenters. The molecule has 20 heavy (non-hydrogen) atoms. The van der Waals surface area contributed by atoms with Crippen LogP contribution >= 0.6 is 0 Å². The predicted molar refractivity (Wildman–Crippen MR) is 82.2 cm³/mol. The maximum atomic E-state index is 9.09. The van der Waals surface area contributed by atoms with Crippen LogP contribution in [0, 0.1) is 16.7 Å². The minimum Gasteiger partial charge on any atom is -0.392 e. The van der Waals surface area contributed by atoms with Crippen LogP contribution in [0.5, 0.6) is 0 Å². The number of aliphatic hydroxyl groups is 1. The maximum Gasteiger partial charge on any atom is 0.0681 e. The Kier molecular flexibility index (Phi) is 3.42. The van der Waals surface area contributed by atoms with E-state index in [4.69, 9.17) is 5.11 Å². The van der Waals surface area contributed by atoms with Crippen molar-refractivity contribution >= 4 is 0 Å². The molecule has 1 unspecified atom stereocenters. The van der Waals surface area contributed by atoms with E-state index in [0.29, 0.717) is 16.9 Å². The molecule has 0 heterocycles. The van der Waals surface area contributed by atoms with Crippen LogP contribution in [-0.4, -0.2) is 11.1 Å². The van der Waals surface area contributed by atoms with Crippen molar-refractivity contribution in [2.45, 2.75) is 59.2 Å². The molecule has 0 spiro atoms. The first-order chi connectivity index (χ1) is 9.45. The lowest BCUT2D eigenvalue weighted by Gasteiger charge is -2.43. The number of fused-ring (bicyclic) bond motifs is 2. The molecule has 0 radical (unpaired) electrons. The van der Waals surface area contributed by atoms with Gasteiger partial charge in [-0.3, -0.25) is 0 Å². The molecule has 2 bridgehead atoms. The van der Waals surface area contributed by atoms with E-state index in [1.165, 1.54) is 24.8 Å². The van der Waals surface area contributed by atoms with Gasteiger partial charge in [0, 0.05) is 12.6 Å². The molecular weight excluding hydrogens is 246 g/mol. The summed E-state index contributed by atoms with van der Waals surface area (Å²) in [5, 5.41) is 12.9. The van der Waals surface area contributed by atoms with Gasteiger partial charge >= 0.3 is 0 Å². The van der Waals surface area contributed by atoms with Crippen molar-refractivity contribution in [3.8, 4) is 0 Å². The second-order valence-corrected chi connectivity index (χ2v) is 7.70. The summed E-state index contributed by atoms with van der Waals surface area (Å²) in [7, 11) is 0. The van der Waals surface area contributed by atoms with Gasteiger partial charge in [-0.05, 0) is 47.1 Å². The standard InChI is InChI=1S/C18H27NO/c1-17(2)15-8-9-18(3,10-15)16(17)19-11-13-4-6-14(12-20)7-5-13/h4-7,15-16,19-20H,8-12H2,1-3H3/t15-,16?,18+/m0/s1. The van der Waals surface area contributed by atoms with E-state index in [9.17, 15) is 0 Å². The number of aliphatic hydroxyl groups excluding tert-OH is 1. The van der Waals surface area contributed by atoms with Crippen molar-refractivity contribution in [2.75, 3.05) is 0 Å². The van der Waals surface area contributed by atoms with Crippen molar-refractivity contribution in [1.82, 2.24) is 5.32 Å². The zero-order chi connectivity index (χ0) is 14.4. The summed E-state index contributed by atoms with van der Waals surface area (Å²) in [4.78, 5) is 0. The second-order valence-electron chi connectivity index (χ2n) is 7.70. The molecule has 2 nitrogen and oxygen atoms in total. The van der Waals surface area contributed by atoms with Crippen LogP contribution in [0.1, 0.15) is 51.2 Å². The van der Waals surface area contributed by atoms with Crippen molar-refractivity contribution in [2.24, 2.45) is 16.7 Å². The molecule has 2 fully saturated rings. The van der Waals surface area contributed by atoms with E-state index in [1.54, 1.807) is 0 Å². The van der Waals surface area contributed by atoms with E-state index < -0.39 is 0 Å². The molecule has 0 aromatic heterocycles. The summed E-state index contributed by atoms with van der Waals surface area (Å²) in [6, 6.07) is 8.91.